The van der Waals surface area contributed by atoms with Crippen LogP contribution in [0, 0.1) is 18.3 Å². The number of nitriles is 1. The molecule has 0 amide bonds. The molecule has 0 aliphatic carbocycles. The molecule has 2 N–H and O–H groups in total. The Balaban J connectivity index is 1.95. The van der Waals surface area contributed by atoms with E-state index in [1.807, 2.05) is 43.3 Å². The number of nitrogens with zero attached hydrogens (tertiary/aromatic N) is 4. The van der Waals surface area contributed by atoms with Crippen molar-refractivity contribution >= 4 is 5.82 Å². The first-order valence-electron chi connectivity index (χ1n) is 8.24. The van der Waals surface area contributed by atoms with Crippen LogP contribution in [0.3, 0.4) is 0 Å². The summed E-state index contributed by atoms with van der Waals surface area (Å²) in [5.41, 5.74) is 10.4. The minimum Gasteiger partial charge on any atom is -0.442 e. The van der Waals surface area contributed by atoms with E-state index >= 15 is 0 Å². The van der Waals surface area contributed by atoms with Crippen LogP contribution in [0.15, 0.2) is 60.1 Å². The van der Waals surface area contributed by atoms with Crippen LogP contribution < -0.4 is 10.5 Å². The highest BCUT2D eigenvalue weighted by molar-refractivity contribution is 5.63. The van der Waals surface area contributed by atoms with E-state index in [2.05, 4.69) is 16.2 Å². The third kappa shape index (κ3) is 2.42. The second-order valence-electron chi connectivity index (χ2n) is 6.25. The Morgan fingerprint density at radius 3 is 2.46 bits per heavy atom. The zero-order valence-corrected chi connectivity index (χ0v) is 14.5. The lowest BCUT2D eigenvalue weighted by Crippen LogP contribution is -2.16. The Morgan fingerprint density at radius 2 is 1.81 bits per heavy atom. The Labute approximate surface area is 151 Å². The number of pyridine rings is 1. The highest BCUT2D eigenvalue weighted by Gasteiger charge is 2.35. The predicted molar refractivity (Wildman–Crippen MR) is 97.7 cm³/mol. The molecular weight excluding hydrogens is 326 g/mol. The monoisotopic (exact) mass is 343 g/mol. The number of aryl methyl sites for hydroxylation is 1. The maximum absolute atomic E-state index is 9.69. The van der Waals surface area contributed by atoms with E-state index < -0.39 is 0 Å². The van der Waals surface area contributed by atoms with Gasteiger partial charge >= 0.3 is 0 Å². The van der Waals surface area contributed by atoms with Gasteiger partial charge in [0.2, 0.25) is 5.88 Å². The number of fused-ring (bicyclic) bond motifs is 1. The molecule has 1 unspecified atom stereocenters. The average molecular weight is 343 g/mol. The maximum atomic E-state index is 9.69. The molecule has 26 heavy (non-hydrogen) atoms. The lowest BCUT2D eigenvalue weighted by molar-refractivity contribution is 0.374. The fourth-order valence-electron chi connectivity index (χ4n) is 3.24. The summed E-state index contributed by atoms with van der Waals surface area (Å²) >= 11 is 0. The van der Waals surface area contributed by atoms with Gasteiger partial charge in [0, 0.05) is 12.4 Å². The molecule has 128 valence electrons. The highest BCUT2D eigenvalue weighted by Crippen LogP contribution is 2.46. The van der Waals surface area contributed by atoms with Gasteiger partial charge in [-0.05, 0) is 43.7 Å². The van der Waals surface area contributed by atoms with Gasteiger partial charge in [-0.1, -0.05) is 17.7 Å². The van der Waals surface area contributed by atoms with Crippen molar-refractivity contribution in [3.8, 4) is 17.6 Å². The molecular formula is C20H17N5O. The summed E-state index contributed by atoms with van der Waals surface area (Å²) in [6, 6.07) is 14.0. The summed E-state index contributed by atoms with van der Waals surface area (Å²) in [7, 11) is 0. The summed E-state index contributed by atoms with van der Waals surface area (Å²) < 4.78 is 7.68. The van der Waals surface area contributed by atoms with Crippen LogP contribution in [-0.4, -0.2) is 14.8 Å². The van der Waals surface area contributed by atoms with Gasteiger partial charge in [0.15, 0.2) is 5.82 Å². The molecule has 1 aliphatic rings. The number of nitrogen functional groups attached to an aromatic ring is 1. The van der Waals surface area contributed by atoms with E-state index in [1.54, 1.807) is 24.0 Å². The van der Waals surface area contributed by atoms with Crippen molar-refractivity contribution in [2.24, 2.45) is 0 Å². The molecule has 3 heterocycles. The summed E-state index contributed by atoms with van der Waals surface area (Å²) in [5.74, 6) is 1.12. The second-order valence-corrected chi connectivity index (χ2v) is 6.25. The minimum absolute atomic E-state index is 0.328. The van der Waals surface area contributed by atoms with E-state index in [0.29, 0.717) is 28.6 Å². The van der Waals surface area contributed by atoms with Gasteiger partial charge in [-0.2, -0.15) is 9.94 Å². The number of nitrogens with two attached hydrogens (primary N) is 1. The molecule has 6 heteroatoms. The lowest BCUT2D eigenvalue weighted by atomic mass is 9.84. The molecule has 0 bridgehead atoms. The molecule has 0 spiro atoms. The number of rotatable bonds is 2. The van der Waals surface area contributed by atoms with Crippen molar-refractivity contribution in [2.45, 2.75) is 19.8 Å². The number of hydrogen-bond donors (Lipinski definition) is 1. The smallest absolute Gasteiger partial charge is 0.228 e. The lowest BCUT2D eigenvalue weighted by Gasteiger charge is -2.25. The number of hydrogen-bond acceptors (Lipinski definition) is 5. The zero-order valence-electron chi connectivity index (χ0n) is 14.5. The van der Waals surface area contributed by atoms with Gasteiger partial charge in [0.25, 0.3) is 0 Å². The van der Waals surface area contributed by atoms with Crippen LogP contribution in [0.4, 0.5) is 5.82 Å². The van der Waals surface area contributed by atoms with Crippen molar-refractivity contribution in [3.05, 3.63) is 76.8 Å². The van der Waals surface area contributed by atoms with Gasteiger partial charge < -0.3 is 10.5 Å². The fraction of sp³-hybridized carbons (Fsp3) is 0.150. The number of benzene rings is 1. The van der Waals surface area contributed by atoms with Gasteiger partial charge in [-0.25, -0.2) is 0 Å². The van der Waals surface area contributed by atoms with Crippen LogP contribution in [0.2, 0.25) is 0 Å². The van der Waals surface area contributed by atoms with Gasteiger partial charge in [-0.15, -0.1) is 5.10 Å². The summed E-state index contributed by atoms with van der Waals surface area (Å²) in [4.78, 5) is 4.07. The van der Waals surface area contributed by atoms with Crippen molar-refractivity contribution in [3.63, 3.8) is 0 Å². The summed E-state index contributed by atoms with van der Waals surface area (Å²) in [6.45, 7) is 3.82. The minimum atomic E-state index is -0.328. The van der Waals surface area contributed by atoms with Gasteiger partial charge in [-0.3, -0.25) is 4.98 Å². The molecule has 3 aromatic rings. The number of anilines is 1. The summed E-state index contributed by atoms with van der Waals surface area (Å²) in [6.07, 6.45) is 3.41. The average Bonchev–Trinajstić information content (AvgIpc) is 2.98. The van der Waals surface area contributed by atoms with Crippen LogP contribution >= 0.6 is 0 Å². The second kappa shape index (κ2) is 6.05. The van der Waals surface area contributed by atoms with E-state index in [-0.39, 0.29) is 5.92 Å². The molecule has 0 fully saturated rings. The quantitative estimate of drug-likeness (QED) is 0.769. The van der Waals surface area contributed by atoms with Gasteiger partial charge in [0.05, 0.1) is 28.8 Å². The first-order valence-corrected chi connectivity index (χ1v) is 8.24. The Hall–Kier alpha value is -3.59. The molecule has 6 nitrogen and oxygen atoms in total. The van der Waals surface area contributed by atoms with E-state index in [4.69, 9.17) is 10.5 Å². The Bertz CT molecular complexity index is 1040. The number of aromatic nitrogens is 3. The maximum Gasteiger partial charge on any atom is 0.228 e. The largest absolute Gasteiger partial charge is 0.442 e. The molecule has 1 aliphatic heterocycles. The van der Waals surface area contributed by atoms with Crippen molar-refractivity contribution < 1.29 is 4.74 Å². The third-order valence-electron chi connectivity index (χ3n) is 4.55. The highest BCUT2D eigenvalue weighted by atomic mass is 16.5. The predicted octanol–water partition coefficient (Wildman–Crippen LogP) is 3.48. The van der Waals surface area contributed by atoms with Crippen LogP contribution in [0.5, 0.6) is 5.88 Å². The molecule has 2 aromatic heterocycles. The summed E-state index contributed by atoms with van der Waals surface area (Å²) in [5, 5.41) is 14.2. The molecule has 4 rings (SSSR count). The fourth-order valence-corrected chi connectivity index (χ4v) is 3.24. The van der Waals surface area contributed by atoms with Crippen LogP contribution in [0.1, 0.15) is 29.5 Å². The molecule has 1 atom stereocenters. The first kappa shape index (κ1) is 15.9. The molecule has 0 saturated heterocycles. The standard InChI is InChI=1S/C20H17N5O/c1-12-3-5-15(6-4-12)25-20-18(19(22)24-25)17(14-7-9-23-10-8-14)16(11-21)13(2)26-20/h3-10,17H,1-2H3,(H2,22,24). The van der Waals surface area contributed by atoms with Crippen molar-refractivity contribution in [2.75, 3.05) is 5.73 Å². The van der Waals surface area contributed by atoms with E-state index in [1.165, 1.54) is 0 Å². The molecule has 1 aromatic carbocycles. The van der Waals surface area contributed by atoms with Crippen LogP contribution in [0.25, 0.3) is 5.69 Å². The van der Waals surface area contributed by atoms with E-state index in [0.717, 1.165) is 16.8 Å². The SMILES string of the molecule is CC1=C(C#N)C(c2ccncc2)c2c(N)nn(-c3ccc(C)cc3)c2O1. The molecule has 0 saturated carbocycles. The normalized spacial score (nSPS) is 16.0. The van der Waals surface area contributed by atoms with Crippen LogP contribution in [-0.2, 0) is 0 Å². The topological polar surface area (TPSA) is 89.8 Å². The third-order valence-corrected chi connectivity index (χ3v) is 4.55. The Kier molecular flexibility index (Phi) is 3.70. The Morgan fingerprint density at radius 1 is 1.12 bits per heavy atom. The van der Waals surface area contributed by atoms with Crippen molar-refractivity contribution in [1.82, 2.24) is 14.8 Å². The van der Waals surface area contributed by atoms with Crippen molar-refractivity contribution in [1.29, 1.82) is 5.26 Å². The zero-order chi connectivity index (χ0) is 18.3. The number of ether oxygens (including phenoxy) is 1. The molecule has 0 radical (unpaired) electrons. The van der Waals surface area contributed by atoms with Gasteiger partial charge in [0.1, 0.15) is 5.76 Å². The first-order chi connectivity index (χ1) is 12.6. The van der Waals surface area contributed by atoms with E-state index in [9.17, 15) is 5.26 Å². The number of allylic oxidation sites excluding steroid dienone is 2.